The third-order valence-electron chi connectivity index (χ3n) is 5.56. The summed E-state index contributed by atoms with van der Waals surface area (Å²) in [5.74, 6) is 0.119. The first-order valence-electron chi connectivity index (χ1n) is 11.4. The van der Waals surface area contributed by atoms with Crippen molar-refractivity contribution in [1.29, 1.82) is 0 Å². The summed E-state index contributed by atoms with van der Waals surface area (Å²) in [6.07, 6.45) is 0. The number of likely N-dealkylation sites (N-methyl/N-ethyl adjacent to an activating group) is 1. The lowest BCUT2D eigenvalue weighted by Crippen LogP contribution is -2.39. The molecule has 0 bridgehead atoms. The van der Waals surface area contributed by atoms with Gasteiger partial charge in [0.05, 0.1) is 6.54 Å². The van der Waals surface area contributed by atoms with Crippen molar-refractivity contribution in [1.82, 2.24) is 10.2 Å². The third kappa shape index (κ3) is 7.20. The fraction of sp³-hybridized carbons (Fsp3) is 0.192. The third-order valence-corrected chi connectivity index (χ3v) is 6.64. The Hall–Kier alpha value is -3.70. The van der Waals surface area contributed by atoms with E-state index in [1.807, 2.05) is 11.9 Å². The number of aliphatic imine (C=N–C) groups is 1. The number of anilines is 2. The zero-order valence-corrected chi connectivity index (χ0v) is 21.6. The van der Waals surface area contributed by atoms with E-state index in [-0.39, 0.29) is 22.2 Å². The molecule has 3 amide bonds. The van der Waals surface area contributed by atoms with Crippen LogP contribution in [0.3, 0.4) is 0 Å². The average molecular weight is 562 g/mol. The summed E-state index contributed by atoms with van der Waals surface area (Å²) in [7, 11) is 1.93. The monoisotopic (exact) mass is 561 g/mol. The predicted octanol–water partition coefficient (Wildman–Crippen LogP) is 6.15. The molecule has 1 heterocycles. The van der Waals surface area contributed by atoms with Crippen LogP contribution in [0.5, 0.6) is 0 Å². The number of hydrogen-bond donors (Lipinski definition) is 3. The van der Waals surface area contributed by atoms with Crippen LogP contribution >= 0.6 is 23.4 Å². The highest BCUT2D eigenvalue weighted by atomic mass is 35.5. The lowest BCUT2D eigenvalue weighted by atomic mass is 10.1. The topological polar surface area (TPSA) is 85.8 Å². The molecule has 0 fully saturated rings. The van der Waals surface area contributed by atoms with Gasteiger partial charge in [0, 0.05) is 40.4 Å². The van der Waals surface area contributed by atoms with Gasteiger partial charge in [-0.3, -0.25) is 9.79 Å². The van der Waals surface area contributed by atoms with Gasteiger partial charge >= 0.3 is 11.5 Å². The molecule has 0 aliphatic carbocycles. The van der Waals surface area contributed by atoms with E-state index in [1.54, 1.807) is 48.5 Å². The average Bonchev–Trinajstić information content (AvgIpc) is 3.30. The molecule has 1 aliphatic heterocycles. The maximum Gasteiger partial charge on any atom is 0.446 e. The summed E-state index contributed by atoms with van der Waals surface area (Å²) in [6.45, 7) is 1.51. The Bertz CT molecular complexity index is 1330. The van der Waals surface area contributed by atoms with Crippen LogP contribution in [0.25, 0.3) is 0 Å². The highest BCUT2D eigenvalue weighted by molar-refractivity contribution is 8.00. The molecule has 12 heteroatoms. The molecule has 1 unspecified atom stereocenters. The van der Waals surface area contributed by atoms with Gasteiger partial charge in [-0.2, -0.15) is 13.2 Å². The number of benzene rings is 3. The van der Waals surface area contributed by atoms with Crippen LogP contribution in [0.1, 0.15) is 17.2 Å². The van der Waals surface area contributed by atoms with Gasteiger partial charge in [0.15, 0.2) is 0 Å². The Morgan fingerprint density at radius 2 is 1.61 bits per heavy atom. The van der Waals surface area contributed by atoms with Crippen molar-refractivity contribution in [2.45, 2.75) is 16.4 Å². The van der Waals surface area contributed by atoms with E-state index in [4.69, 9.17) is 11.6 Å². The number of nitrogens with zero attached hydrogens (tertiary/aromatic N) is 2. The SMILES string of the molecule is CN1CCN=C1c1ccc(NC(=O)C(NC(=O)Nc2ccc(Cl)cc2)c2ccccc2SC(F)(F)F)cc1. The van der Waals surface area contributed by atoms with Gasteiger partial charge in [0.2, 0.25) is 0 Å². The van der Waals surface area contributed by atoms with Crippen molar-refractivity contribution >= 4 is 52.5 Å². The van der Waals surface area contributed by atoms with Crippen molar-refractivity contribution in [2.24, 2.45) is 4.99 Å². The van der Waals surface area contributed by atoms with E-state index in [9.17, 15) is 22.8 Å². The standard InChI is InChI=1S/C26H23ClF3N5O2S/c1-35-15-14-31-23(35)16-6-10-18(11-7-16)32-24(36)22(20-4-2-3-5-21(20)38-26(28,29)30)34-25(37)33-19-12-8-17(27)9-13-19/h2-13,22H,14-15H2,1H3,(H,32,36)(H2,33,34,37). The summed E-state index contributed by atoms with van der Waals surface area (Å²) >= 11 is 5.51. The largest absolute Gasteiger partial charge is 0.446 e. The summed E-state index contributed by atoms with van der Waals surface area (Å²) in [5, 5.41) is 8.22. The molecule has 0 spiro atoms. The Labute approximate surface area is 226 Å². The molecule has 1 aliphatic rings. The van der Waals surface area contributed by atoms with Crippen LogP contribution in [0.2, 0.25) is 5.02 Å². The number of thioether (sulfide) groups is 1. The number of carbonyl (C=O) groups excluding carboxylic acids is 2. The molecule has 0 saturated carbocycles. The highest BCUT2D eigenvalue weighted by Gasteiger charge is 2.33. The van der Waals surface area contributed by atoms with Crippen molar-refractivity contribution in [2.75, 3.05) is 30.8 Å². The van der Waals surface area contributed by atoms with Crippen LogP contribution in [-0.2, 0) is 4.79 Å². The number of urea groups is 1. The molecular weight excluding hydrogens is 539 g/mol. The van der Waals surface area contributed by atoms with Gasteiger partial charge in [0.25, 0.3) is 5.91 Å². The fourth-order valence-electron chi connectivity index (χ4n) is 3.81. The number of alkyl halides is 3. The lowest BCUT2D eigenvalue weighted by Gasteiger charge is -2.22. The van der Waals surface area contributed by atoms with E-state index < -0.39 is 23.5 Å². The summed E-state index contributed by atoms with van der Waals surface area (Å²) in [4.78, 5) is 32.4. The van der Waals surface area contributed by atoms with Crippen LogP contribution in [0.15, 0.2) is 82.7 Å². The second-order valence-corrected chi connectivity index (χ2v) is 9.86. The minimum absolute atomic E-state index is 0.00265. The maximum atomic E-state index is 13.4. The molecule has 3 N–H and O–H groups in total. The zero-order valence-electron chi connectivity index (χ0n) is 20.1. The van der Waals surface area contributed by atoms with E-state index in [1.165, 1.54) is 24.3 Å². The highest BCUT2D eigenvalue weighted by Crippen LogP contribution is 2.40. The van der Waals surface area contributed by atoms with Gasteiger partial charge in [-0.1, -0.05) is 29.8 Å². The number of carbonyl (C=O) groups is 2. The summed E-state index contributed by atoms with van der Waals surface area (Å²) < 4.78 is 39.7. The van der Waals surface area contributed by atoms with Crippen LogP contribution in [-0.4, -0.2) is 48.3 Å². The normalized spacial score (nSPS) is 14.0. The Balaban J connectivity index is 1.57. The van der Waals surface area contributed by atoms with E-state index in [0.717, 1.165) is 17.9 Å². The molecule has 7 nitrogen and oxygen atoms in total. The molecule has 3 aromatic carbocycles. The van der Waals surface area contributed by atoms with Crippen LogP contribution < -0.4 is 16.0 Å². The zero-order chi connectivity index (χ0) is 27.3. The molecule has 0 aromatic heterocycles. The number of halogens is 4. The van der Waals surface area contributed by atoms with Crippen LogP contribution in [0.4, 0.5) is 29.3 Å². The molecule has 0 saturated heterocycles. The fourth-order valence-corrected chi connectivity index (χ4v) is 4.64. The minimum Gasteiger partial charge on any atom is -0.358 e. The van der Waals surface area contributed by atoms with E-state index in [2.05, 4.69) is 20.9 Å². The molecule has 198 valence electrons. The number of amides is 3. The Morgan fingerprint density at radius 3 is 2.24 bits per heavy atom. The molecule has 38 heavy (non-hydrogen) atoms. The van der Waals surface area contributed by atoms with Crippen molar-refractivity contribution < 1.29 is 22.8 Å². The first kappa shape index (κ1) is 27.3. The molecule has 0 radical (unpaired) electrons. The van der Waals surface area contributed by atoms with E-state index in [0.29, 0.717) is 22.9 Å². The van der Waals surface area contributed by atoms with Crippen molar-refractivity contribution in [3.8, 4) is 0 Å². The summed E-state index contributed by atoms with van der Waals surface area (Å²) in [5.41, 5.74) is -2.93. The first-order chi connectivity index (χ1) is 18.1. The molecular formula is C26H23ClF3N5O2S. The second-order valence-electron chi connectivity index (χ2n) is 8.32. The quantitative estimate of drug-likeness (QED) is 0.302. The van der Waals surface area contributed by atoms with Gasteiger partial charge in [-0.25, -0.2) is 4.79 Å². The summed E-state index contributed by atoms with van der Waals surface area (Å²) in [6, 6.07) is 16.5. The number of rotatable bonds is 7. The maximum absolute atomic E-state index is 13.4. The molecule has 4 rings (SSSR count). The number of hydrogen-bond acceptors (Lipinski definition) is 5. The number of nitrogens with one attached hydrogen (secondary N) is 3. The Kier molecular flexibility index (Phi) is 8.48. The van der Waals surface area contributed by atoms with Crippen molar-refractivity contribution in [3.05, 3.63) is 88.9 Å². The lowest BCUT2D eigenvalue weighted by molar-refractivity contribution is -0.118. The van der Waals surface area contributed by atoms with Gasteiger partial charge in [-0.05, 0) is 71.9 Å². The minimum atomic E-state index is -4.59. The van der Waals surface area contributed by atoms with Crippen LogP contribution in [0, 0.1) is 0 Å². The molecule has 1 atom stereocenters. The second kappa shape index (κ2) is 11.8. The molecule has 3 aromatic rings. The number of amidine groups is 1. The van der Waals surface area contributed by atoms with E-state index >= 15 is 0 Å². The van der Waals surface area contributed by atoms with Gasteiger partial charge in [0.1, 0.15) is 11.9 Å². The Morgan fingerprint density at radius 1 is 0.974 bits per heavy atom. The van der Waals surface area contributed by atoms with Crippen molar-refractivity contribution in [3.63, 3.8) is 0 Å². The first-order valence-corrected chi connectivity index (χ1v) is 12.6. The van der Waals surface area contributed by atoms with Gasteiger partial charge in [-0.15, -0.1) is 0 Å². The predicted molar refractivity (Wildman–Crippen MR) is 144 cm³/mol. The van der Waals surface area contributed by atoms with Gasteiger partial charge < -0.3 is 20.9 Å². The smallest absolute Gasteiger partial charge is 0.358 e.